The average molecular weight is 228 g/mol. The molecular formula is C9H10ClN3O2. The molecule has 1 unspecified atom stereocenters. The zero-order valence-corrected chi connectivity index (χ0v) is 9.12. The molecule has 1 N–H and O–H groups in total. The summed E-state index contributed by atoms with van der Waals surface area (Å²) >= 11 is 5.97. The molecule has 2 aliphatic heterocycles. The van der Waals surface area contributed by atoms with Crippen LogP contribution in [0, 0.1) is 0 Å². The standard InChI is InChI=1S/C9H10ClN3O2/c1-9(8(14)15)3-5(10)6-7(12-9)13(2)4-11-6/h3H,4H2,1-2H3,(H,14,15). The van der Waals surface area contributed by atoms with Crippen LogP contribution in [0.2, 0.25) is 0 Å². The first-order chi connectivity index (χ1) is 6.94. The van der Waals surface area contributed by atoms with Gasteiger partial charge in [-0.3, -0.25) is 4.99 Å². The van der Waals surface area contributed by atoms with E-state index in [2.05, 4.69) is 9.98 Å². The summed E-state index contributed by atoms with van der Waals surface area (Å²) in [4.78, 5) is 21.1. The lowest BCUT2D eigenvalue weighted by atomic mass is 9.99. The van der Waals surface area contributed by atoms with Crippen LogP contribution in [0.15, 0.2) is 21.1 Å². The second kappa shape index (κ2) is 3.06. The fraction of sp³-hybridized carbons (Fsp3) is 0.444. The summed E-state index contributed by atoms with van der Waals surface area (Å²) in [5, 5.41) is 9.41. The van der Waals surface area contributed by atoms with Gasteiger partial charge in [0.1, 0.15) is 12.4 Å². The van der Waals surface area contributed by atoms with E-state index >= 15 is 0 Å². The number of rotatable bonds is 1. The van der Waals surface area contributed by atoms with E-state index in [-0.39, 0.29) is 0 Å². The Kier molecular flexibility index (Phi) is 2.08. The molecule has 2 rings (SSSR count). The topological polar surface area (TPSA) is 65.3 Å². The molecule has 1 atom stereocenters. The minimum Gasteiger partial charge on any atom is -0.479 e. The van der Waals surface area contributed by atoms with E-state index in [0.717, 1.165) is 0 Å². The Morgan fingerprint density at radius 1 is 1.73 bits per heavy atom. The van der Waals surface area contributed by atoms with Crippen molar-refractivity contribution in [2.24, 2.45) is 9.98 Å². The van der Waals surface area contributed by atoms with Crippen LogP contribution < -0.4 is 0 Å². The quantitative estimate of drug-likeness (QED) is 0.718. The Labute approximate surface area is 91.8 Å². The van der Waals surface area contributed by atoms with Gasteiger partial charge in [-0.15, -0.1) is 0 Å². The highest BCUT2D eigenvalue weighted by Gasteiger charge is 2.39. The Hall–Kier alpha value is -1.36. The number of hydrogen-bond donors (Lipinski definition) is 1. The summed E-state index contributed by atoms with van der Waals surface area (Å²) in [5.41, 5.74) is -0.706. The van der Waals surface area contributed by atoms with Gasteiger partial charge in [-0.2, -0.15) is 0 Å². The first-order valence-corrected chi connectivity index (χ1v) is 4.80. The molecule has 0 radical (unpaired) electrons. The van der Waals surface area contributed by atoms with Gasteiger partial charge >= 0.3 is 5.97 Å². The van der Waals surface area contributed by atoms with Crippen molar-refractivity contribution in [2.45, 2.75) is 12.5 Å². The second-order valence-electron chi connectivity index (χ2n) is 3.73. The van der Waals surface area contributed by atoms with Crippen LogP contribution >= 0.6 is 11.6 Å². The lowest BCUT2D eigenvalue weighted by molar-refractivity contribution is -0.140. The number of halogens is 1. The highest BCUT2D eigenvalue weighted by Crippen LogP contribution is 2.27. The molecular weight excluding hydrogens is 218 g/mol. The number of aliphatic imine (C=N–C) groups is 2. The molecule has 0 saturated heterocycles. The number of carboxylic acid groups (broad SMARTS) is 1. The Balaban J connectivity index is 2.51. The first kappa shape index (κ1) is 10.2. The number of amidine groups is 1. The van der Waals surface area contributed by atoms with Gasteiger partial charge in [-0.1, -0.05) is 11.6 Å². The number of aliphatic carboxylic acids is 1. The average Bonchev–Trinajstić information content (AvgIpc) is 2.48. The van der Waals surface area contributed by atoms with Gasteiger partial charge < -0.3 is 10.0 Å². The number of dihydropyridines is 1. The molecule has 5 nitrogen and oxygen atoms in total. The molecule has 0 bridgehead atoms. The summed E-state index contributed by atoms with van der Waals surface area (Å²) in [5.74, 6) is -0.472. The van der Waals surface area contributed by atoms with Gasteiger partial charge in [0.15, 0.2) is 11.4 Å². The van der Waals surface area contributed by atoms with Crippen molar-refractivity contribution < 1.29 is 9.90 Å². The van der Waals surface area contributed by atoms with Gasteiger partial charge in [0.05, 0.1) is 5.03 Å². The fourth-order valence-corrected chi connectivity index (χ4v) is 1.85. The van der Waals surface area contributed by atoms with E-state index < -0.39 is 11.5 Å². The smallest absolute Gasteiger partial charge is 0.335 e. The monoisotopic (exact) mass is 227 g/mol. The summed E-state index contributed by atoms with van der Waals surface area (Å²) in [6, 6.07) is 0. The molecule has 0 aromatic rings. The maximum atomic E-state index is 11.0. The predicted octanol–water partition coefficient (Wildman–Crippen LogP) is 0.708. The molecule has 0 aliphatic carbocycles. The lowest BCUT2D eigenvalue weighted by Gasteiger charge is -2.24. The number of nitrogens with zero attached hydrogens (tertiary/aromatic N) is 3. The van der Waals surface area contributed by atoms with E-state index in [1.165, 1.54) is 13.0 Å². The maximum absolute atomic E-state index is 11.0. The van der Waals surface area contributed by atoms with Crippen LogP contribution in [0.25, 0.3) is 0 Å². The van der Waals surface area contributed by atoms with E-state index in [4.69, 9.17) is 16.7 Å². The zero-order valence-electron chi connectivity index (χ0n) is 8.36. The molecule has 0 saturated carbocycles. The van der Waals surface area contributed by atoms with Crippen molar-refractivity contribution in [3.05, 3.63) is 11.1 Å². The van der Waals surface area contributed by atoms with Crippen molar-refractivity contribution in [1.82, 2.24) is 4.90 Å². The van der Waals surface area contributed by atoms with Gasteiger partial charge in [-0.25, -0.2) is 9.79 Å². The first-order valence-electron chi connectivity index (χ1n) is 4.42. The number of carboxylic acids is 1. The third-order valence-electron chi connectivity index (χ3n) is 2.42. The summed E-state index contributed by atoms with van der Waals surface area (Å²) < 4.78 is 0. The minimum absolute atomic E-state index is 0.356. The Bertz CT molecular complexity index is 427. The second-order valence-corrected chi connectivity index (χ2v) is 4.13. The summed E-state index contributed by atoms with van der Waals surface area (Å²) in [7, 11) is 1.80. The lowest BCUT2D eigenvalue weighted by Crippen LogP contribution is -2.40. The molecule has 0 spiro atoms. The summed E-state index contributed by atoms with van der Waals surface area (Å²) in [6.45, 7) is 1.97. The van der Waals surface area contributed by atoms with Gasteiger partial charge in [0.25, 0.3) is 0 Å². The molecule has 2 heterocycles. The summed E-state index contributed by atoms with van der Waals surface area (Å²) in [6.07, 6.45) is 1.42. The molecule has 0 aromatic heterocycles. The highest BCUT2D eigenvalue weighted by atomic mass is 35.5. The van der Waals surface area contributed by atoms with Crippen molar-refractivity contribution in [3.8, 4) is 0 Å². The van der Waals surface area contributed by atoms with Gasteiger partial charge in [-0.05, 0) is 13.0 Å². The van der Waals surface area contributed by atoms with E-state index in [1.54, 1.807) is 11.9 Å². The van der Waals surface area contributed by atoms with E-state index in [9.17, 15) is 4.79 Å². The molecule has 15 heavy (non-hydrogen) atoms. The Morgan fingerprint density at radius 3 is 3.00 bits per heavy atom. The van der Waals surface area contributed by atoms with Crippen molar-refractivity contribution in [2.75, 3.05) is 13.7 Å². The van der Waals surface area contributed by atoms with Crippen molar-refractivity contribution >= 4 is 29.1 Å². The third kappa shape index (κ3) is 1.43. The molecule has 0 fully saturated rings. The largest absolute Gasteiger partial charge is 0.479 e. The highest BCUT2D eigenvalue weighted by molar-refractivity contribution is 6.61. The molecule has 6 heteroatoms. The molecule has 80 valence electrons. The van der Waals surface area contributed by atoms with Crippen LogP contribution in [0.4, 0.5) is 0 Å². The van der Waals surface area contributed by atoms with Gasteiger partial charge in [0.2, 0.25) is 0 Å². The number of hydrogen-bond acceptors (Lipinski definition) is 4. The van der Waals surface area contributed by atoms with Crippen molar-refractivity contribution in [1.29, 1.82) is 0 Å². The SMILES string of the molecule is CN1CN=C2C(Cl)=CC(C)(C(=O)O)N=C21. The van der Waals surface area contributed by atoms with Crippen LogP contribution in [-0.4, -0.2) is 46.8 Å². The van der Waals surface area contributed by atoms with Crippen molar-refractivity contribution in [3.63, 3.8) is 0 Å². The minimum atomic E-state index is -1.29. The van der Waals surface area contributed by atoms with Crippen LogP contribution in [-0.2, 0) is 4.79 Å². The number of carbonyl (C=O) groups is 1. The Morgan fingerprint density at radius 2 is 2.40 bits per heavy atom. The van der Waals surface area contributed by atoms with E-state index in [0.29, 0.717) is 23.2 Å². The van der Waals surface area contributed by atoms with E-state index in [1.807, 2.05) is 0 Å². The normalized spacial score (nSPS) is 29.3. The fourth-order valence-electron chi connectivity index (χ4n) is 1.49. The molecule has 2 aliphatic rings. The molecule has 0 amide bonds. The third-order valence-corrected chi connectivity index (χ3v) is 2.71. The van der Waals surface area contributed by atoms with Crippen LogP contribution in [0.5, 0.6) is 0 Å². The van der Waals surface area contributed by atoms with Gasteiger partial charge in [0, 0.05) is 7.05 Å². The van der Waals surface area contributed by atoms with Crippen LogP contribution in [0.3, 0.4) is 0 Å². The zero-order chi connectivity index (χ0) is 11.2. The van der Waals surface area contributed by atoms with Crippen LogP contribution in [0.1, 0.15) is 6.92 Å². The predicted molar refractivity (Wildman–Crippen MR) is 57.5 cm³/mol. The number of fused-ring (bicyclic) bond motifs is 1. The molecule has 0 aromatic carbocycles. The maximum Gasteiger partial charge on any atom is 0.335 e.